The van der Waals surface area contributed by atoms with Gasteiger partial charge in [-0.15, -0.1) is 0 Å². The summed E-state index contributed by atoms with van der Waals surface area (Å²) in [6, 6.07) is 7.88. The van der Waals surface area contributed by atoms with Crippen LogP contribution in [0.4, 0.5) is 0 Å². The number of aryl methyl sites for hydroxylation is 1. The van der Waals surface area contributed by atoms with E-state index in [0.29, 0.717) is 12.5 Å². The van der Waals surface area contributed by atoms with Gasteiger partial charge in [-0.25, -0.2) is 4.99 Å². The summed E-state index contributed by atoms with van der Waals surface area (Å²) in [6.45, 7) is 2.51. The molecule has 1 aliphatic heterocycles. The van der Waals surface area contributed by atoms with Crippen molar-refractivity contribution in [1.29, 1.82) is 0 Å². The first-order valence-electron chi connectivity index (χ1n) is 9.81. The zero-order valence-electron chi connectivity index (χ0n) is 17.6. The Morgan fingerprint density at radius 3 is 2.72 bits per heavy atom. The topological polar surface area (TPSA) is 75.0 Å². The second-order valence-electron chi connectivity index (χ2n) is 7.51. The average Bonchev–Trinajstić information content (AvgIpc) is 3.37. The summed E-state index contributed by atoms with van der Waals surface area (Å²) in [6.07, 6.45) is 5.05. The van der Waals surface area contributed by atoms with Crippen LogP contribution in [0.2, 0.25) is 0 Å². The first-order chi connectivity index (χ1) is 14.0. The lowest BCUT2D eigenvalue weighted by Crippen LogP contribution is -2.44. The molecule has 2 heterocycles. The Morgan fingerprint density at radius 1 is 1.34 bits per heavy atom. The van der Waals surface area contributed by atoms with E-state index < -0.39 is 0 Å². The molecule has 156 valence electrons. The van der Waals surface area contributed by atoms with E-state index in [-0.39, 0.29) is 12.5 Å². The maximum absolute atomic E-state index is 12.1. The highest BCUT2D eigenvalue weighted by Gasteiger charge is 2.27. The SMILES string of the molecule is COc1ccc(CN=C(NCC(=O)N(C)C)N2CCC(c3cnn(C)c3)C2)cc1. The number of carbonyl (C=O) groups excluding carboxylic acids is 1. The van der Waals surface area contributed by atoms with Crippen molar-refractivity contribution in [1.82, 2.24) is 24.9 Å². The number of nitrogens with one attached hydrogen (secondary N) is 1. The molecule has 3 rings (SSSR count). The summed E-state index contributed by atoms with van der Waals surface area (Å²) < 4.78 is 7.05. The van der Waals surface area contributed by atoms with Crippen molar-refractivity contribution in [2.75, 3.05) is 40.8 Å². The fourth-order valence-corrected chi connectivity index (χ4v) is 3.35. The third kappa shape index (κ3) is 5.49. The molecule has 8 nitrogen and oxygen atoms in total. The van der Waals surface area contributed by atoms with E-state index in [0.717, 1.165) is 36.8 Å². The van der Waals surface area contributed by atoms with Crippen molar-refractivity contribution < 1.29 is 9.53 Å². The molecule has 8 heteroatoms. The standard InChI is InChI=1S/C21H30N6O2/c1-25(2)20(28)13-23-21(22-11-16-5-7-19(29-4)8-6-16)27-10-9-17(15-27)18-12-24-26(3)14-18/h5-8,12,14,17H,9-11,13,15H2,1-4H3,(H,22,23). The monoisotopic (exact) mass is 398 g/mol. The van der Waals surface area contributed by atoms with E-state index in [4.69, 9.17) is 9.73 Å². The van der Waals surface area contributed by atoms with Crippen LogP contribution in [-0.4, -0.2) is 72.3 Å². The quantitative estimate of drug-likeness (QED) is 0.589. The first-order valence-corrected chi connectivity index (χ1v) is 9.81. The minimum absolute atomic E-state index is 0.0187. The molecule has 1 aliphatic rings. The van der Waals surface area contributed by atoms with Gasteiger partial charge in [0.25, 0.3) is 0 Å². The van der Waals surface area contributed by atoms with Crippen molar-refractivity contribution in [2.24, 2.45) is 12.0 Å². The number of aliphatic imine (C=N–C) groups is 1. The highest BCUT2D eigenvalue weighted by atomic mass is 16.5. The van der Waals surface area contributed by atoms with Gasteiger partial charge in [0.1, 0.15) is 5.75 Å². The van der Waals surface area contributed by atoms with E-state index in [2.05, 4.69) is 21.5 Å². The Kier molecular flexibility index (Phi) is 6.74. The van der Waals surface area contributed by atoms with Gasteiger partial charge in [0, 0.05) is 46.3 Å². The Morgan fingerprint density at radius 2 is 2.10 bits per heavy atom. The molecule has 0 aliphatic carbocycles. The summed E-state index contributed by atoms with van der Waals surface area (Å²) in [4.78, 5) is 20.7. The molecular weight excluding hydrogens is 368 g/mol. The van der Waals surface area contributed by atoms with Crippen LogP contribution < -0.4 is 10.1 Å². The highest BCUT2D eigenvalue weighted by molar-refractivity contribution is 5.86. The number of likely N-dealkylation sites (N-methyl/N-ethyl adjacent to an activating group) is 1. The number of benzene rings is 1. The Balaban J connectivity index is 1.70. The Bertz CT molecular complexity index is 843. The van der Waals surface area contributed by atoms with Gasteiger partial charge in [0.2, 0.25) is 5.91 Å². The van der Waals surface area contributed by atoms with Gasteiger partial charge < -0.3 is 19.9 Å². The zero-order chi connectivity index (χ0) is 20.8. The molecule has 0 saturated carbocycles. The van der Waals surface area contributed by atoms with Crippen molar-refractivity contribution in [3.8, 4) is 5.75 Å². The zero-order valence-corrected chi connectivity index (χ0v) is 17.6. The van der Waals surface area contributed by atoms with E-state index in [1.54, 1.807) is 26.1 Å². The molecule has 1 aromatic carbocycles. The Labute approximate surface area is 172 Å². The maximum atomic E-state index is 12.1. The molecule has 1 fully saturated rings. The normalized spacial score (nSPS) is 16.8. The molecule has 1 aromatic heterocycles. The van der Waals surface area contributed by atoms with Gasteiger partial charge in [-0.3, -0.25) is 9.48 Å². The number of rotatable bonds is 6. The predicted octanol–water partition coefficient (Wildman–Crippen LogP) is 1.45. The molecule has 29 heavy (non-hydrogen) atoms. The second-order valence-corrected chi connectivity index (χ2v) is 7.51. The molecule has 1 atom stereocenters. The third-order valence-corrected chi connectivity index (χ3v) is 5.15. The summed E-state index contributed by atoms with van der Waals surface area (Å²) in [5.74, 6) is 2.03. The third-order valence-electron chi connectivity index (χ3n) is 5.15. The van der Waals surface area contributed by atoms with Crippen LogP contribution in [-0.2, 0) is 18.4 Å². The van der Waals surface area contributed by atoms with Crippen LogP contribution >= 0.6 is 0 Å². The molecule has 0 radical (unpaired) electrons. The van der Waals surface area contributed by atoms with Gasteiger partial charge in [-0.2, -0.15) is 5.10 Å². The summed E-state index contributed by atoms with van der Waals surface area (Å²) >= 11 is 0. The van der Waals surface area contributed by atoms with Crippen LogP contribution in [0, 0.1) is 0 Å². The van der Waals surface area contributed by atoms with E-state index >= 15 is 0 Å². The van der Waals surface area contributed by atoms with Gasteiger partial charge >= 0.3 is 0 Å². The number of methoxy groups -OCH3 is 1. The van der Waals surface area contributed by atoms with Gasteiger partial charge in [0.15, 0.2) is 5.96 Å². The lowest BCUT2D eigenvalue weighted by molar-refractivity contribution is -0.127. The van der Waals surface area contributed by atoms with Crippen molar-refractivity contribution >= 4 is 11.9 Å². The summed E-state index contributed by atoms with van der Waals surface area (Å²) in [5.41, 5.74) is 2.33. The van der Waals surface area contributed by atoms with Crippen LogP contribution in [0.5, 0.6) is 5.75 Å². The molecule has 1 amide bonds. The van der Waals surface area contributed by atoms with Crippen LogP contribution in [0.3, 0.4) is 0 Å². The first kappa shape index (κ1) is 20.7. The van der Waals surface area contributed by atoms with Gasteiger partial charge in [-0.05, 0) is 29.7 Å². The minimum atomic E-state index is 0.0187. The number of hydrogen-bond donors (Lipinski definition) is 1. The number of amides is 1. The van der Waals surface area contributed by atoms with Crippen molar-refractivity contribution in [2.45, 2.75) is 18.9 Å². The highest BCUT2D eigenvalue weighted by Crippen LogP contribution is 2.26. The summed E-state index contributed by atoms with van der Waals surface area (Å²) in [7, 11) is 7.11. The van der Waals surface area contributed by atoms with E-state index in [9.17, 15) is 4.79 Å². The Hall–Kier alpha value is -3.03. The molecular formula is C21H30N6O2. The molecule has 0 spiro atoms. The average molecular weight is 399 g/mol. The minimum Gasteiger partial charge on any atom is -0.497 e. The number of ether oxygens (including phenoxy) is 1. The van der Waals surface area contributed by atoms with Gasteiger partial charge in [0.05, 0.1) is 26.4 Å². The van der Waals surface area contributed by atoms with E-state index in [1.165, 1.54) is 5.56 Å². The number of nitrogens with zero attached hydrogens (tertiary/aromatic N) is 5. The number of carbonyl (C=O) groups is 1. The number of hydrogen-bond acceptors (Lipinski definition) is 4. The second kappa shape index (κ2) is 9.45. The summed E-state index contributed by atoms with van der Waals surface area (Å²) in [5, 5.41) is 7.54. The van der Waals surface area contributed by atoms with Crippen LogP contribution in [0.1, 0.15) is 23.5 Å². The molecule has 1 saturated heterocycles. The van der Waals surface area contributed by atoms with Crippen molar-refractivity contribution in [3.63, 3.8) is 0 Å². The smallest absolute Gasteiger partial charge is 0.241 e. The number of guanidine groups is 1. The van der Waals surface area contributed by atoms with Crippen LogP contribution in [0.15, 0.2) is 41.7 Å². The fraction of sp³-hybridized carbons (Fsp3) is 0.476. The van der Waals surface area contributed by atoms with Crippen molar-refractivity contribution in [3.05, 3.63) is 47.8 Å². The lowest BCUT2D eigenvalue weighted by Gasteiger charge is -2.23. The lowest BCUT2D eigenvalue weighted by atomic mass is 10.0. The molecule has 2 aromatic rings. The molecule has 1 N–H and O–H groups in total. The van der Waals surface area contributed by atoms with E-state index in [1.807, 2.05) is 42.2 Å². The molecule has 1 unspecified atom stereocenters. The molecule has 0 bridgehead atoms. The number of aromatic nitrogens is 2. The number of likely N-dealkylation sites (tertiary alicyclic amines) is 1. The van der Waals surface area contributed by atoms with Crippen LogP contribution in [0.25, 0.3) is 0 Å². The maximum Gasteiger partial charge on any atom is 0.241 e. The fourth-order valence-electron chi connectivity index (χ4n) is 3.35. The van der Waals surface area contributed by atoms with Gasteiger partial charge in [-0.1, -0.05) is 12.1 Å². The predicted molar refractivity (Wildman–Crippen MR) is 113 cm³/mol. The largest absolute Gasteiger partial charge is 0.497 e.